The summed E-state index contributed by atoms with van der Waals surface area (Å²) in [5.74, 6) is -2.20. The van der Waals surface area contributed by atoms with E-state index in [1.807, 2.05) is 0 Å². The van der Waals surface area contributed by atoms with Crippen molar-refractivity contribution in [2.75, 3.05) is 11.9 Å². The average Bonchev–Trinajstić information content (AvgIpc) is 2.66. The molecule has 1 N–H and O–H groups in total. The summed E-state index contributed by atoms with van der Waals surface area (Å²) in [6.45, 7) is -0.695. The molecule has 0 radical (unpaired) electrons. The van der Waals surface area contributed by atoms with Crippen molar-refractivity contribution in [3.05, 3.63) is 64.7 Å². The molecule has 0 spiro atoms. The summed E-state index contributed by atoms with van der Waals surface area (Å²) in [5, 5.41) is 11.9. The Labute approximate surface area is 168 Å². The summed E-state index contributed by atoms with van der Waals surface area (Å²) in [6.07, 6.45) is -3.55. The lowest BCUT2D eigenvalue weighted by Crippen LogP contribution is -2.21. The first-order chi connectivity index (χ1) is 13.7. The quantitative estimate of drug-likeness (QED) is 0.423. The lowest BCUT2D eigenvalue weighted by atomic mass is 10.1. The summed E-state index contributed by atoms with van der Waals surface area (Å²) in [7, 11) is 0. The first kappa shape index (κ1) is 21.8. The molecule has 0 atom stereocenters. The van der Waals surface area contributed by atoms with Gasteiger partial charge in [0.1, 0.15) is 17.4 Å². The zero-order valence-corrected chi connectivity index (χ0v) is 15.3. The van der Waals surface area contributed by atoms with Crippen molar-refractivity contribution >= 4 is 35.2 Å². The molecule has 1 amide bonds. The molecule has 0 fully saturated rings. The highest BCUT2D eigenvalue weighted by Gasteiger charge is 2.30. The fraction of sp³-hybridized carbons (Fsp3) is 0.105. The van der Waals surface area contributed by atoms with Gasteiger partial charge in [-0.15, -0.1) is 13.2 Å². The number of nitriles is 1. The topological polar surface area (TPSA) is 88.4 Å². The van der Waals surface area contributed by atoms with Crippen LogP contribution in [0.25, 0.3) is 6.08 Å². The number of nitrogens with zero attached hydrogens (tertiary/aromatic N) is 1. The van der Waals surface area contributed by atoms with Crippen molar-refractivity contribution in [2.45, 2.75) is 6.36 Å². The minimum Gasteiger partial charge on any atom is -0.451 e. The number of carbonyl (C=O) groups excluding carboxylic acids is 2. The van der Waals surface area contributed by atoms with Gasteiger partial charge < -0.3 is 14.8 Å². The number of halogens is 4. The molecule has 0 aliphatic heterocycles. The van der Waals surface area contributed by atoms with Crippen LogP contribution >= 0.6 is 11.6 Å². The van der Waals surface area contributed by atoms with Crippen molar-refractivity contribution in [1.82, 2.24) is 0 Å². The van der Waals surface area contributed by atoms with Gasteiger partial charge in [-0.3, -0.25) is 4.79 Å². The third kappa shape index (κ3) is 7.56. The molecule has 0 bridgehead atoms. The second-order valence-electron chi connectivity index (χ2n) is 5.42. The van der Waals surface area contributed by atoms with Gasteiger partial charge >= 0.3 is 12.3 Å². The van der Waals surface area contributed by atoms with Crippen molar-refractivity contribution in [1.29, 1.82) is 5.26 Å². The highest BCUT2D eigenvalue weighted by molar-refractivity contribution is 6.30. The van der Waals surface area contributed by atoms with Gasteiger partial charge in [-0.05, 0) is 48.0 Å². The Kier molecular flexibility index (Phi) is 7.22. The lowest BCUT2D eigenvalue weighted by molar-refractivity contribution is -0.274. The maximum Gasteiger partial charge on any atom is 0.573 e. The van der Waals surface area contributed by atoms with Gasteiger partial charge in [0, 0.05) is 10.7 Å². The molecule has 29 heavy (non-hydrogen) atoms. The zero-order chi connectivity index (χ0) is 21.4. The van der Waals surface area contributed by atoms with E-state index in [1.165, 1.54) is 18.2 Å². The van der Waals surface area contributed by atoms with Gasteiger partial charge in [-0.25, -0.2) is 4.79 Å². The number of amides is 1. The SMILES string of the molecule is N#C/C(=C\c1ccc(Cl)cc1)C(=O)OCC(=O)Nc1ccc(OC(F)(F)F)cc1. The molecule has 0 heterocycles. The van der Waals surface area contributed by atoms with Crippen LogP contribution in [0.3, 0.4) is 0 Å². The lowest BCUT2D eigenvalue weighted by Gasteiger charge is -2.10. The maximum atomic E-state index is 12.1. The molecular weight excluding hydrogens is 413 g/mol. The summed E-state index contributed by atoms with van der Waals surface area (Å²) in [6, 6.07) is 12.4. The molecular formula is C19H12ClF3N2O4. The number of benzene rings is 2. The van der Waals surface area contributed by atoms with E-state index in [2.05, 4.69) is 10.1 Å². The predicted octanol–water partition coefficient (Wildman–Crippen LogP) is 4.33. The van der Waals surface area contributed by atoms with Crippen LogP contribution < -0.4 is 10.1 Å². The predicted molar refractivity (Wildman–Crippen MR) is 97.8 cm³/mol. The van der Waals surface area contributed by atoms with Crippen LogP contribution in [0.4, 0.5) is 18.9 Å². The highest BCUT2D eigenvalue weighted by Crippen LogP contribution is 2.24. The molecule has 2 rings (SSSR count). The Balaban J connectivity index is 1.90. The first-order valence-electron chi connectivity index (χ1n) is 7.86. The fourth-order valence-electron chi connectivity index (χ4n) is 2.01. The molecule has 2 aromatic carbocycles. The summed E-state index contributed by atoms with van der Waals surface area (Å²) < 4.78 is 44.8. The van der Waals surface area contributed by atoms with Crippen LogP contribution in [0.15, 0.2) is 54.1 Å². The monoisotopic (exact) mass is 424 g/mol. The maximum absolute atomic E-state index is 12.1. The average molecular weight is 425 g/mol. The van der Waals surface area contributed by atoms with Crippen LogP contribution in [-0.4, -0.2) is 24.8 Å². The van der Waals surface area contributed by atoms with Crippen LogP contribution in [0.1, 0.15) is 5.56 Å². The van der Waals surface area contributed by atoms with Crippen LogP contribution in [-0.2, 0) is 14.3 Å². The van der Waals surface area contributed by atoms with E-state index >= 15 is 0 Å². The van der Waals surface area contributed by atoms with E-state index in [1.54, 1.807) is 30.3 Å². The summed E-state index contributed by atoms with van der Waals surface area (Å²) in [5.41, 5.74) is 0.375. The summed E-state index contributed by atoms with van der Waals surface area (Å²) >= 11 is 5.75. The fourth-order valence-corrected chi connectivity index (χ4v) is 2.13. The van der Waals surface area contributed by atoms with E-state index < -0.39 is 30.6 Å². The second-order valence-corrected chi connectivity index (χ2v) is 5.85. The van der Waals surface area contributed by atoms with Crippen molar-refractivity contribution in [2.24, 2.45) is 0 Å². The third-order valence-corrected chi connectivity index (χ3v) is 3.48. The molecule has 0 aliphatic rings. The standard InChI is InChI=1S/C19H12ClF3N2O4/c20-14-3-1-12(2-4-14)9-13(10-24)18(27)28-11-17(26)25-15-5-7-16(8-6-15)29-19(21,22)23/h1-9H,11H2,(H,25,26)/b13-9+. The van der Waals surface area contributed by atoms with E-state index in [0.717, 1.165) is 12.1 Å². The molecule has 2 aromatic rings. The van der Waals surface area contributed by atoms with Crippen LogP contribution in [0.5, 0.6) is 5.75 Å². The van der Waals surface area contributed by atoms with Crippen molar-refractivity contribution in [3.8, 4) is 11.8 Å². The number of nitrogens with one attached hydrogen (secondary N) is 1. The summed E-state index contributed by atoms with van der Waals surface area (Å²) in [4.78, 5) is 23.8. The van der Waals surface area contributed by atoms with Gasteiger partial charge in [0.2, 0.25) is 0 Å². The van der Waals surface area contributed by atoms with Gasteiger partial charge in [0.15, 0.2) is 6.61 Å². The van der Waals surface area contributed by atoms with E-state index in [-0.39, 0.29) is 11.3 Å². The van der Waals surface area contributed by atoms with Crippen LogP contribution in [0.2, 0.25) is 5.02 Å². The minimum atomic E-state index is -4.82. The first-order valence-corrected chi connectivity index (χ1v) is 8.24. The Morgan fingerprint density at radius 2 is 1.72 bits per heavy atom. The number of hydrogen-bond acceptors (Lipinski definition) is 5. The Morgan fingerprint density at radius 1 is 1.10 bits per heavy atom. The molecule has 0 aliphatic carbocycles. The van der Waals surface area contributed by atoms with E-state index in [9.17, 15) is 22.8 Å². The van der Waals surface area contributed by atoms with Crippen LogP contribution in [0, 0.1) is 11.3 Å². The van der Waals surface area contributed by atoms with Gasteiger partial charge in [0.25, 0.3) is 5.91 Å². The normalized spacial score (nSPS) is 11.3. The Bertz CT molecular complexity index is 949. The minimum absolute atomic E-state index is 0.165. The van der Waals surface area contributed by atoms with E-state index in [0.29, 0.717) is 10.6 Å². The molecule has 10 heteroatoms. The molecule has 0 saturated heterocycles. The molecule has 0 unspecified atom stereocenters. The van der Waals surface area contributed by atoms with Gasteiger partial charge in [-0.1, -0.05) is 23.7 Å². The highest BCUT2D eigenvalue weighted by atomic mass is 35.5. The van der Waals surface area contributed by atoms with Crippen molar-refractivity contribution < 1.29 is 32.2 Å². The molecule has 0 saturated carbocycles. The zero-order valence-electron chi connectivity index (χ0n) is 14.5. The number of ether oxygens (including phenoxy) is 2. The molecule has 6 nitrogen and oxygen atoms in total. The molecule has 150 valence electrons. The molecule has 0 aromatic heterocycles. The largest absolute Gasteiger partial charge is 0.573 e. The van der Waals surface area contributed by atoms with Gasteiger partial charge in [0.05, 0.1) is 0 Å². The second kappa shape index (κ2) is 9.61. The Morgan fingerprint density at radius 3 is 2.28 bits per heavy atom. The smallest absolute Gasteiger partial charge is 0.451 e. The Hall–Kier alpha value is -3.51. The number of carbonyl (C=O) groups is 2. The number of alkyl halides is 3. The van der Waals surface area contributed by atoms with Gasteiger partial charge in [-0.2, -0.15) is 5.26 Å². The third-order valence-electron chi connectivity index (χ3n) is 3.23. The number of esters is 1. The number of rotatable bonds is 6. The van der Waals surface area contributed by atoms with E-state index in [4.69, 9.17) is 21.6 Å². The number of anilines is 1. The van der Waals surface area contributed by atoms with Crippen molar-refractivity contribution in [3.63, 3.8) is 0 Å². The number of hydrogen-bond donors (Lipinski definition) is 1.